The summed E-state index contributed by atoms with van der Waals surface area (Å²) in [6.07, 6.45) is 5.08. The van der Waals surface area contributed by atoms with E-state index in [4.69, 9.17) is 4.74 Å². The summed E-state index contributed by atoms with van der Waals surface area (Å²) in [7, 11) is 1.64. The molecule has 0 unspecified atom stereocenters. The molecule has 3 amide bonds. The lowest BCUT2D eigenvalue weighted by atomic mass is 9.68. The lowest BCUT2D eigenvalue weighted by Gasteiger charge is -2.56. The van der Waals surface area contributed by atoms with Crippen LogP contribution in [-0.2, 0) is 10.2 Å². The first kappa shape index (κ1) is 22.1. The molecule has 1 aliphatic carbocycles. The summed E-state index contributed by atoms with van der Waals surface area (Å²) >= 11 is 0. The van der Waals surface area contributed by atoms with E-state index in [-0.39, 0.29) is 29.9 Å². The van der Waals surface area contributed by atoms with E-state index in [1.54, 1.807) is 12.0 Å². The molecule has 5 rings (SSSR count). The quantitative estimate of drug-likeness (QED) is 0.647. The fraction of sp³-hybridized carbons (Fsp3) is 0.600. The normalized spacial score (nSPS) is 21.8. The number of hydrogen-bond acceptors (Lipinski definition) is 4. The summed E-state index contributed by atoms with van der Waals surface area (Å²) in [6, 6.07) is 5.32. The third kappa shape index (κ3) is 3.55. The molecule has 2 aromatic rings. The van der Waals surface area contributed by atoms with Crippen LogP contribution in [-0.4, -0.2) is 71.7 Å². The van der Waals surface area contributed by atoms with Crippen LogP contribution in [0.2, 0.25) is 0 Å². The van der Waals surface area contributed by atoms with Crippen molar-refractivity contribution in [2.75, 3.05) is 39.9 Å². The number of aliphatic hydroxyl groups is 1. The Hall–Kier alpha value is -2.74. The first-order valence-electron chi connectivity index (χ1n) is 12.2. The predicted molar refractivity (Wildman–Crippen MR) is 125 cm³/mol. The van der Waals surface area contributed by atoms with Crippen molar-refractivity contribution in [1.82, 2.24) is 20.1 Å². The molecule has 1 saturated carbocycles. The fourth-order valence-corrected chi connectivity index (χ4v) is 6.08. The van der Waals surface area contributed by atoms with Gasteiger partial charge in [0.15, 0.2) is 0 Å². The summed E-state index contributed by atoms with van der Waals surface area (Å²) in [5, 5.41) is 14.4. The fourth-order valence-electron chi connectivity index (χ4n) is 6.08. The van der Waals surface area contributed by atoms with Crippen molar-refractivity contribution in [2.24, 2.45) is 5.92 Å². The first-order valence-corrected chi connectivity index (χ1v) is 12.2. The van der Waals surface area contributed by atoms with Gasteiger partial charge in [-0.15, -0.1) is 0 Å². The zero-order valence-corrected chi connectivity index (χ0v) is 19.5. The number of carbonyl (C=O) groups excluding carboxylic acids is 2. The Labute approximate surface area is 194 Å². The second kappa shape index (κ2) is 8.56. The van der Waals surface area contributed by atoms with E-state index in [9.17, 15) is 14.7 Å². The Morgan fingerprint density at radius 3 is 2.67 bits per heavy atom. The van der Waals surface area contributed by atoms with Crippen molar-refractivity contribution in [3.8, 4) is 5.75 Å². The molecule has 2 fully saturated rings. The average molecular weight is 455 g/mol. The lowest BCUT2D eigenvalue weighted by Crippen LogP contribution is -2.69. The molecule has 1 aromatic carbocycles. The number of aliphatic hydroxyl groups excluding tert-OH is 1. The predicted octanol–water partition coefficient (Wildman–Crippen LogP) is 2.92. The first-order chi connectivity index (χ1) is 16.0. The second-order valence-corrected chi connectivity index (χ2v) is 9.84. The maximum absolute atomic E-state index is 13.1. The van der Waals surface area contributed by atoms with E-state index in [1.165, 1.54) is 0 Å². The SMILES string of the molecule is CCCNC(=O)N1CC2(CN(C(=O)C3CCCC3)C2)c2c([nH]c3cc(OC)ccc23)[C@H]1CO. The number of fused-ring (bicyclic) bond motifs is 4. The van der Waals surface area contributed by atoms with Crippen LogP contribution in [0.5, 0.6) is 5.75 Å². The maximum atomic E-state index is 13.1. The Morgan fingerprint density at radius 1 is 1.24 bits per heavy atom. The van der Waals surface area contributed by atoms with Gasteiger partial charge in [0, 0.05) is 54.8 Å². The largest absolute Gasteiger partial charge is 0.497 e. The van der Waals surface area contributed by atoms with E-state index >= 15 is 0 Å². The van der Waals surface area contributed by atoms with Crippen molar-refractivity contribution in [2.45, 2.75) is 50.5 Å². The molecular weight excluding hydrogens is 420 g/mol. The third-order valence-corrected chi connectivity index (χ3v) is 7.71. The summed E-state index contributed by atoms with van der Waals surface area (Å²) in [5.41, 5.74) is 2.58. The molecule has 0 radical (unpaired) electrons. The van der Waals surface area contributed by atoms with Gasteiger partial charge in [-0.3, -0.25) is 4.79 Å². The standard InChI is InChI=1S/C25H34N4O4/c1-3-10-26-24(32)29-15-25(13-28(14-25)23(31)16-6-4-5-7-16)21-18-9-8-17(33-2)11-19(18)27-22(21)20(29)12-30/h8-9,11,16,20,27,30H,3-7,10,12-15H2,1-2H3,(H,26,32)/t20-/m1/s1. The molecular formula is C25H34N4O4. The van der Waals surface area contributed by atoms with Crippen LogP contribution < -0.4 is 10.1 Å². The van der Waals surface area contributed by atoms with Crippen LogP contribution in [0.15, 0.2) is 18.2 Å². The highest BCUT2D eigenvalue weighted by molar-refractivity contribution is 5.90. The Balaban J connectivity index is 1.54. The number of nitrogens with zero attached hydrogens (tertiary/aromatic N) is 2. The summed E-state index contributed by atoms with van der Waals surface area (Å²) in [6.45, 7) is 4.12. The van der Waals surface area contributed by atoms with E-state index in [0.29, 0.717) is 26.2 Å². The van der Waals surface area contributed by atoms with Crippen LogP contribution in [0.3, 0.4) is 0 Å². The van der Waals surface area contributed by atoms with Gasteiger partial charge < -0.3 is 29.9 Å². The molecule has 3 heterocycles. The summed E-state index contributed by atoms with van der Waals surface area (Å²) in [5.74, 6) is 1.15. The minimum absolute atomic E-state index is 0.145. The number of nitrogens with one attached hydrogen (secondary N) is 2. The van der Waals surface area contributed by atoms with Crippen LogP contribution in [0.25, 0.3) is 10.9 Å². The minimum atomic E-state index is -0.458. The molecule has 33 heavy (non-hydrogen) atoms. The molecule has 1 saturated heterocycles. The van der Waals surface area contributed by atoms with Gasteiger partial charge in [-0.05, 0) is 37.0 Å². The number of amides is 3. The molecule has 1 atom stereocenters. The van der Waals surface area contributed by atoms with Crippen LogP contribution in [0.1, 0.15) is 56.3 Å². The summed E-state index contributed by atoms with van der Waals surface area (Å²) in [4.78, 5) is 33.4. The van der Waals surface area contributed by atoms with Crippen LogP contribution in [0, 0.1) is 5.92 Å². The molecule has 3 aliphatic rings. The number of benzene rings is 1. The van der Waals surface area contributed by atoms with Gasteiger partial charge in [-0.1, -0.05) is 19.8 Å². The highest BCUT2D eigenvalue weighted by atomic mass is 16.5. The molecule has 8 heteroatoms. The van der Waals surface area contributed by atoms with Gasteiger partial charge in [-0.25, -0.2) is 4.79 Å². The number of carbonyl (C=O) groups is 2. The van der Waals surface area contributed by atoms with Gasteiger partial charge in [0.25, 0.3) is 0 Å². The number of ether oxygens (including phenoxy) is 1. The zero-order chi connectivity index (χ0) is 23.2. The number of H-pyrrole nitrogens is 1. The van der Waals surface area contributed by atoms with Gasteiger partial charge >= 0.3 is 6.03 Å². The molecule has 3 N–H and O–H groups in total. The highest BCUT2D eigenvalue weighted by Gasteiger charge is 2.55. The number of aromatic nitrogens is 1. The Kier molecular flexibility index (Phi) is 5.72. The van der Waals surface area contributed by atoms with Crippen molar-refractivity contribution in [3.05, 3.63) is 29.5 Å². The zero-order valence-electron chi connectivity index (χ0n) is 19.5. The van der Waals surface area contributed by atoms with Gasteiger partial charge in [0.2, 0.25) is 5.91 Å². The van der Waals surface area contributed by atoms with Gasteiger partial charge in [0.1, 0.15) is 5.75 Å². The maximum Gasteiger partial charge on any atom is 0.318 e. The van der Waals surface area contributed by atoms with Gasteiger partial charge in [0.05, 0.1) is 25.2 Å². The van der Waals surface area contributed by atoms with E-state index in [0.717, 1.165) is 60.0 Å². The smallest absolute Gasteiger partial charge is 0.318 e. The average Bonchev–Trinajstić information content (AvgIpc) is 3.47. The lowest BCUT2D eigenvalue weighted by molar-refractivity contribution is -0.144. The minimum Gasteiger partial charge on any atom is -0.497 e. The number of methoxy groups -OCH3 is 1. The van der Waals surface area contributed by atoms with Crippen molar-refractivity contribution in [3.63, 3.8) is 0 Å². The Bertz CT molecular complexity index is 1050. The van der Waals surface area contributed by atoms with Gasteiger partial charge in [-0.2, -0.15) is 0 Å². The monoisotopic (exact) mass is 454 g/mol. The van der Waals surface area contributed by atoms with Crippen molar-refractivity contribution < 1.29 is 19.4 Å². The number of urea groups is 1. The third-order valence-electron chi connectivity index (χ3n) is 7.71. The van der Waals surface area contributed by atoms with Crippen LogP contribution in [0.4, 0.5) is 4.79 Å². The van der Waals surface area contributed by atoms with E-state index in [2.05, 4.69) is 10.3 Å². The topological polar surface area (TPSA) is 97.9 Å². The number of hydrogen-bond donors (Lipinski definition) is 3. The summed E-state index contributed by atoms with van der Waals surface area (Å²) < 4.78 is 5.41. The second-order valence-electron chi connectivity index (χ2n) is 9.84. The van der Waals surface area contributed by atoms with Crippen LogP contribution >= 0.6 is 0 Å². The molecule has 2 aliphatic heterocycles. The van der Waals surface area contributed by atoms with Crippen molar-refractivity contribution >= 4 is 22.8 Å². The molecule has 8 nitrogen and oxygen atoms in total. The van der Waals surface area contributed by atoms with Crippen molar-refractivity contribution in [1.29, 1.82) is 0 Å². The Morgan fingerprint density at radius 2 is 2.00 bits per heavy atom. The molecule has 178 valence electrons. The number of rotatable bonds is 5. The number of aromatic amines is 1. The highest BCUT2D eigenvalue weighted by Crippen LogP contribution is 2.49. The molecule has 1 aromatic heterocycles. The molecule has 0 bridgehead atoms. The van der Waals surface area contributed by atoms with E-state index < -0.39 is 6.04 Å². The van der Waals surface area contributed by atoms with E-state index in [1.807, 2.05) is 30.0 Å². The molecule has 1 spiro atoms. The number of likely N-dealkylation sites (tertiary alicyclic amines) is 1.